The summed E-state index contributed by atoms with van der Waals surface area (Å²) in [5, 5.41) is 2.85. The van der Waals surface area contributed by atoms with Crippen LogP contribution in [0.25, 0.3) is 0 Å². The molecule has 2 bridgehead atoms. The highest BCUT2D eigenvalue weighted by atomic mass is 16.5. The van der Waals surface area contributed by atoms with Crippen LogP contribution in [0.2, 0.25) is 0 Å². The lowest BCUT2D eigenvalue weighted by Gasteiger charge is -2.47. The Hall–Kier alpha value is -3.15. The monoisotopic (exact) mass is 378 g/mol. The second-order valence-electron chi connectivity index (χ2n) is 7.27. The Bertz CT molecular complexity index is 927. The van der Waals surface area contributed by atoms with Gasteiger partial charge in [-0.1, -0.05) is 42.5 Å². The van der Waals surface area contributed by atoms with E-state index in [9.17, 15) is 14.4 Å². The van der Waals surface area contributed by atoms with Gasteiger partial charge in [0.1, 0.15) is 5.41 Å². The van der Waals surface area contributed by atoms with Crippen LogP contribution in [0.4, 0.5) is 10.5 Å². The molecule has 1 fully saturated rings. The fraction of sp³-hybridized carbons (Fsp3) is 0.318. The molecule has 1 heterocycles. The minimum atomic E-state index is -1.35. The fourth-order valence-corrected chi connectivity index (χ4v) is 4.23. The molecule has 2 atom stereocenters. The zero-order valence-electron chi connectivity index (χ0n) is 15.7. The first-order chi connectivity index (χ1) is 13.5. The first-order valence-corrected chi connectivity index (χ1v) is 9.45. The van der Waals surface area contributed by atoms with Gasteiger partial charge in [0.25, 0.3) is 0 Å². The number of fused-ring (bicyclic) bond motifs is 4. The summed E-state index contributed by atoms with van der Waals surface area (Å²) in [7, 11) is 0. The van der Waals surface area contributed by atoms with E-state index in [0.717, 1.165) is 11.1 Å². The van der Waals surface area contributed by atoms with Crippen LogP contribution in [0.1, 0.15) is 24.0 Å². The Balaban J connectivity index is 1.69. The van der Waals surface area contributed by atoms with Crippen molar-refractivity contribution >= 4 is 23.5 Å². The van der Waals surface area contributed by atoms with Gasteiger partial charge in [-0.05, 0) is 36.6 Å². The summed E-state index contributed by atoms with van der Waals surface area (Å²) in [5.41, 5.74) is 1.19. The molecule has 0 radical (unpaired) electrons. The van der Waals surface area contributed by atoms with Crippen molar-refractivity contribution in [2.75, 3.05) is 25.0 Å². The maximum Gasteiger partial charge on any atom is 0.321 e. The van der Waals surface area contributed by atoms with E-state index in [1.54, 1.807) is 24.0 Å². The Morgan fingerprint density at radius 2 is 1.86 bits per heavy atom. The molecular formula is C22H22N2O4. The van der Waals surface area contributed by atoms with Crippen molar-refractivity contribution in [3.8, 4) is 0 Å². The zero-order valence-corrected chi connectivity index (χ0v) is 15.7. The number of hydrogen-bond donors (Lipinski definition) is 1. The lowest BCUT2D eigenvalue weighted by Crippen LogP contribution is -2.62. The largest absolute Gasteiger partial charge is 0.465 e. The van der Waals surface area contributed by atoms with E-state index in [1.807, 2.05) is 42.5 Å². The number of carbonyl (C=O) groups excluding carboxylic acids is 3. The second-order valence-corrected chi connectivity index (χ2v) is 7.27. The number of amides is 2. The van der Waals surface area contributed by atoms with E-state index in [4.69, 9.17) is 4.74 Å². The number of anilines is 1. The third-order valence-electron chi connectivity index (χ3n) is 5.55. The number of para-hydroxylation sites is 1. The smallest absolute Gasteiger partial charge is 0.321 e. The first kappa shape index (κ1) is 18.2. The summed E-state index contributed by atoms with van der Waals surface area (Å²) in [5.74, 6) is -1.21. The van der Waals surface area contributed by atoms with Crippen LogP contribution >= 0.6 is 0 Å². The number of esters is 1. The van der Waals surface area contributed by atoms with Gasteiger partial charge in [0.05, 0.1) is 12.5 Å². The minimum Gasteiger partial charge on any atom is -0.465 e. The van der Waals surface area contributed by atoms with Crippen molar-refractivity contribution in [2.45, 2.75) is 19.3 Å². The number of hydrogen-bond acceptors (Lipinski definition) is 4. The molecular weight excluding hydrogens is 356 g/mol. The van der Waals surface area contributed by atoms with Crippen LogP contribution in [0.15, 0.2) is 54.6 Å². The molecule has 0 unspecified atom stereocenters. The normalized spacial score (nSPS) is 23.0. The van der Waals surface area contributed by atoms with Gasteiger partial charge in [0, 0.05) is 18.8 Å². The summed E-state index contributed by atoms with van der Waals surface area (Å²) in [6.07, 6.45) is 0.256. The number of carbonyl (C=O) groups is 3. The molecule has 1 aliphatic carbocycles. The number of rotatable bonds is 3. The Morgan fingerprint density at radius 1 is 1.14 bits per heavy atom. The predicted octanol–water partition coefficient (Wildman–Crippen LogP) is 2.99. The van der Waals surface area contributed by atoms with Crippen molar-refractivity contribution in [3.05, 3.63) is 65.7 Å². The molecule has 2 aliphatic rings. The average Bonchev–Trinajstić information content (AvgIpc) is 2.69. The Labute approximate surface area is 163 Å². The van der Waals surface area contributed by atoms with Gasteiger partial charge in [-0.2, -0.15) is 0 Å². The van der Waals surface area contributed by atoms with E-state index in [1.165, 1.54) is 0 Å². The van der Waals surface area contributed by atoms with Crippen molar-refractivity contribution in [2.24, 2.45) is 5.41 Å². The van der Waals surface area contributed by atoms with Crippen molar-refractivity contribution in [1.82, 2.24) is 4.90 Å². The van der Waals surface area contributed by atoms with Crippen LogP contribution in [0.5, 0.6) is 0 Å². The molecule has 6 heteroatoms. The summed E-state index contributed by atoms with van der Waals surface area (Å²) in [6.45, 7) is 2.18. The van der Waals surface area contributed by atoms with Crippen molar-refractivity contribution in [3.63, 3.8) is 0 Å². The number of ether oxygens (including phenoxy) is 1. The molecule has 2 amide bonds. The topological polar surface area (TPSA) is 75.7 Å². The number of likely N-dealkylation sites (tertiary alicyclic amines) is 1. The first-order valence-electron chi connectivity index (χ1n) is 9.45. The highest BCUT2D eigenvalue weighted by Gasteiger charge is 2.58. The molecule has 0 aromatic heterocycles. The number of urea groups is 1. The molecule has 6 nitrogen and oxygen atoms in total. The molecule has 1 N–H and O–H groups in total. The molecule has 2 aromatic carbocycles. The number of Topliss-reactive ketones (excluding diaryl/α,β-unsaturated/α-hetero) is 1. The second kappa shape index (κ2) is 7.11. The Kier molecular flexibility index (Phi) is 4.63. The van der Waals surface area contributed by atoms with E-state index in [2.05, 4.69) is 5.32 Å². The van der Waals surface area contributed by atoms with E-state index < -0.39 is 17.3 Å². The van der Waals surface area contributed by atoms with E-state index >= 15 is 0 Å². The minimum absolute atomic E-state index is 0.0220. The third-order valence-corrected chi connectivity index (χ3v) is 5.55. The van der Waals surface area contributed by atoms with Crippen LogP contribution in [-0.4, -0.2) is 42.4 Å². The summed E-state index contributed by atoms with van der Waals surface area (Å²) in [4.78, 5) is 40.6. The van der Waals surface area contributed by atoms with Crippen LogP contribution in [-0.2, 0) is 20.7 Å². The van der Waals surface area contributed by atoms with Gasteiger partial charge in [0.15, 0.2) is 5.78 Å². The summed E-state index contributed by atoms with van der Waals surface area (Å²) in [6, 6.07) is 16.4. The van der Waals surface area contributed by atoms with Gasteiger partial charge < -0.3 is 15.0 Å². The Morgan fingerprint density at radius 3 is 2.61 bits per heavy atom. The molecule has 1 saturated heterocycles. The van der Waals surface area contributed by atoms with E-state index in [0.29, 0.717) is 5.69 Å². The number of benzene rings is 2. The molecule has 4 rings (SSSR count). The van der Waals surface area contributed by atoms with Crippen LogP contribution in [0, 0.1) is 5.41 Å². The van der Waals surface area contributed by atoms with Crippen molar-refractivity contribution in [1.29, 1.82) is 0 Å². The maximum absolute atomic E-state index is 13.3. The molecule has 2 aromatic rings. The van der Waals surface area contributed by atoms with Gasteiger partial charge in [-0.25, -0.2) is 4.79 Å². The highest BCUT2D eigenvalue weighted by molar-refractivity contribution is 6.10. The number of nitrogens with one attached hydrogen (secondary N) is 1. The molecule has 144 valence electrons. The summed E-state index contributed by atoms with van der Waals surface area (Å²) < 4.78 is 5.27. The standard InChI is InChI=1S/C22H22N2O4/c1-2-28-20(26)22-12-15-8-6-7-11-17(15)18(19(22)25)13-24(14-22)21(27)23-16-9-4-3-5-10-16/h3-11,18H,2,12-14H2,1H3,(H,23,27)/t18-,22+/m1/s1. The number of piperidine rings is 1. The number of ketones is 1. The van der Waals surface area contributed by atoms with Crippen LogP contribution < -0.4 is 5.32 Å². The molecule has 0 saturated carbocycles. The maximum atomic E-state index is 13.3. The lowest BCUT2D eigenvalue weighted by atomic mass is 9.63. The zero-order chi connectivity index (χ0) is 19.7. The lowest BCUT2D eigenvalue weighted by molar-refractivity contribution is -0.164. The van der Waals surface area contributed by atoms with Gasteiger partial charge in [-0.15, -0.1) is 0 Å². The average molecular weight is 378 g/mol. The summed E-state index contributed by atoms with van der Waals surface area (Å²) >= 11 is 0. The SMILES string of the molecule is CCOC(=O)[C@@]12Cc3ccccc3[C@@H](CN(C(=O)Nc3ccccc3)C1)C2=O. The quantitative estimate of drug-likeness (QED) is 0.658. The molecule has 28 heavy (non-hydrogen) atoms. The predicted molar refractivity (Wildman–Crippen MR) is 104 cm³/mol. The van der Waals surface area contributed by atoms with Crippen LogP contribution in [0.3, 0.4) is 0 Å². The highest BCUT2D eigenvalue weighted by Crippen LogP contribution is 2.45. The van der Waals surface area contributed by atoms with Gasteiger partial charge >= 0.3 is 12.0 Å². The van der Waals surface area contributed by atoms with E-state index in [-0.39, 0.29) is 37.9 Å². The molecule has 1 aliphatic heterocycles. The van der Waals surface area contributed by atoms with Gasteiger partial charge in [-0.3, -0.25) is 9.59 Å². The number of nitrogens with zero attached hydrogens (tertiary/aromatic N) is 1. The van der Waals surface area contributed by atoms with Gasteiger partial charge in [0.2, 0.25) is 0 Å². The third kappa shape index (κ3) is 2.95. The fourth-order valence-electron chi connectivity index (χ4n) is 4.23. The van der Waals surface area contributed by atoms with Crippen molar-refractivity contribution < 1.29 is 19.1 Å². The molecule has 0 spiro atoms.